The highest BCUT2D eigenvalue weighted by Crippen LogP contribution is 2.25. The molecule has 1 aliphatic rings. The summed E-state index contributed by atoms with van der Waals surface area (Å²) in [6.07, 6.45) is 0.501. The summed E-state index contributed by atoms with van der Waals surface area (Å²) in [5, 5.41) is 0. The van der Waals surface area contributed by atoms with Crippen molar-refractivity contribution in [3.63, 3.8) is 0 Å². The average molecular weight is 271 g/mol. The van der Waals surface area contributed by atoms with Crippen molar-refractivity contribution in [3.8, 4) is 0 Å². The van der Waals surface area contributed by atoms with Crippen molar-refractivity contribution in [2.75, 3.05) is 13.1 Å². The molecule has 2 heterocycles. The number of carbonyl (C=O) groups is 1. The largest absolute Gasteiger partial charge is 0.444 e. The van der Waals surface area contributed by atoms with E-state index in [4.69, 9.17) is 4.74 Å². The summed E-state index contributed by atoms with van der Waals surface area (Å²) < 4.78 is 9.37. The maximum atomic E-state index is 11.9. The standard InChI is InChI=1S/C11H17N3O3S/c1-11(2,3)17-10(16)14-5-4-7(6-14)8-12-9(15)18-13-8/h7H,4-6H2,1-3H3,(H,12,13,15). The number of ether oxygens (including phenoxy) is 1. The monoisotopic (exact) mass is 271 g/mol. The van der Waals surface area contributed by atoms with Crippen LogP contribution in [0.5, 0.6) is 0 Å². The number of carbonyl (C=O) groups excluding carboxylic acids is 1. The Labute approximate surface area is 109 Å². The van der Waals surface area contributed by atoms with E-state index in [2.05, 4.69) is 9.36 Å². The number of amides is 1. The Morgan fingerprint density at radius 1 is 1.56 bits per heavy atom. The van der Waals surface area contributed by atoms with Crippen molar-refractivity contribution in [1.29, 1.82) is 0 Å². The second-order valence-electron chi connectivity index (χ2n) is 5.39. The quantitative estimate of drug-likeness (QED) is 0.841. The first kappa shape index (κ1) is 13.1. The van der Waals surface area contributed by atoms with Crippen molar-refractivity contribution in [2.45, 2.75) is 38.7 Å². The third-order valence-electron chi connectivity index (χ3n) is 2.68. The van der Waals surface area contributed by atoms with Crippen LogP contribution in [0, 0.1) is 0 Å². The number of likely N-dealkylation sites (tertiary alicyclic amines) is 1. The van der Waals surface area contributed by atoms with E-state index in [-0.39, 0.29) is 16.9 Å². The van der Waals surface area contributed by atoms with Gasteiger partial charge in [0.2, 0.25) is 0 Å². The lowest BCUT2D eigenvalue weighted by molar-refractivity contribution is 0.0292. The Balaban J connectivity index is 1.96. The number of aromatic amines is 1. The zero-order valence-electron chi connectivity index (χ0n) is 10.7. The Bertz CT molecular complexity index is 488. The van der Waals surface area contributed by atoms with E-state index in [0.717, 1.165) is 18.0 Å². The molecular weight excluding hydrogens is 254 g/mol. The average Bonchev–Trinajstić information content (AvgIpc) is 2.82. The Morgan fingerprint density at radius 2 is 2.28 bits per heavy atom. The molecule has 100 valence electrons. The molecule has 1 saturated heterocycles. The van der Waals surface area contributed by atoms with Gasteiger partial charge in [-0.25, -0.2) is 4.79 Å². The molecule has 1 fully saturated rings. The molecule has 0 aromatic carbocycles. The molecule has 6 nitrogen and oxygen atoms in total. The molecule has 1 N–H and O–H groups in total. The first-order chi connectivity index (χ1) is 8.35. The summed E-state index contributed by atoms with van der Waals surface area (Å²) in [5.74, 6) is 0.785. The minimum atomic E-state index is -0.482. The van der Waals surface area contributed by atoms with Gasteiger partial charge in [0.25, 0.3) is 0 Å². The molecule has 0 saturated carbocycles. The SMILES string of the molecule is CC(C)(C)OC(=O)N1CCC(c2nsc(=O)[nH]2)C1. The highest BCUT2D eigenvalue weighted by Gasteiger charge is 2.31. The second kappa shape index (κ2) is 4.72. The van der Waals surface area contributed by atoms with Crippen LogP contribution in [0.3, 0.4) is 0 Å². The van der Waals surface area contributed by atoms with Gasteiger partial charge in [0.05, 0.1) is 0 Å². The van der Waals surface area contributed by atoms with Crippen LogP contribution in [0.15, 0.2) is 4.79 Å². The maximum absolute atomic E-state index is 11.9. The number of nitrogens with one attached hydrogen (secondary N) is 1. The molecule has 1 aromatic heterocycles. The van der Waals surface area contributed by atoms with Gasteiger partial charge in [0.15, 0.2) is 0 Å². The van der Waals surface area contributed by atoms with Crippen LogP contribution in [0.2, 0.25) is 0 Å². The highest BCUT2D eigenvalue weighted by atomic mass is 32.1. The third-order valence-corrected chi connectivity index (χ3v) is 3.24. The molecule has 2 rings (SSSR count). The van der Waals surface area contributed by atoms with Gasteiger partial charge in [-0.05, 0) is 27.2 Å². The van der Waals surface area contributed by atoms with Crippen LogP contribution in [0.25, 0.3) is 0 Å². The zero-order chi connectivity index (χ0) is 13.3. The fourth-order valence-electron chi connectivity index (χ4n) is 1.89. The normalized spacial score (nSPS) is 20.2. The molecular formula is C11H17N3O3S. The van der Waals surface area contributed by atoms with E-state index in [1.165, 1.54) is 0 Å². The number of nitrogens with zero attached hydrogens (tertiary/aromatic N) is 2. The first-order valence-corrected chi connectivity index (χ1v) is 6.66. The summed E-state index contributed by atoms with van der Waals surface area (Å²) >= 11 is 0.915. The van der Waals surface area contributed by atoms with Gasteiger partial charge in [0.1, 0.15) is 11.4 Å². The van der Waals surface area contributed by atoms with Crippen LogP contribution in [-0.4, -0.2) is 39.0 Å². The maximum Gasteiger partial charge on any atom is 0.410 e. The van der Waals surface area contributed by atoms with E-state index >= 15 is 0 Å². The molecule has 7 heteroatoms. The van der Waals surface area contributed by atoms with Crippen LogP contribution in [-0.2, 0) is 4.74 Å². The number of hydrogen-bond acceptors (Lipinski definition) is 5. The molecule has 18 heavy (non-hydrogen) atoms. The Morgan fingerprint density at radius 3 is 2.83 bits per heavy atom. The molecule has 0 spiro atoms. The third kappa shape index (κ3) is 3.10. The van der Waals surface area contributed by atoms with E-state index in [1.807, 2.05) is 20.8 Å². The summed E-state index contributed by atoms with van der Waals surface area (Å²) in [6, 6.07) is 0. The van der Waals surface area contributed by atoms with Crippen molar-refractivity contribution in [1.82, 2.24) is 14.3 Å². The van der Waals surface area contributed by atoms with Gasteiger partial charge in [-0.3, -0.25) is 9.78 Å². The van der Waals surface area contributed by atoms with Gasteiger partial charge in [-0.15, -0.1) is 0 Å². The second-order valence-corrected chi connectivity index (χ2v) is 6.13. The summed E-state index contributed by atoms with van der Waals surface area (Å²) in [7, 11) is 0. The molecule has 1 aliphatic heterocycles. The lowest BCUT2D eigenvalue weighted by Crippen LogP contribution is -2.35. The van der Waals surface area contributed by atoms with E-state index in [0.29, 0.717) is 18.9 Å². The van der Waals surface area contributed by atoms with Crippen LogP contribution >= 0.6 is 11.5 Å². The smallest absolute Gasteiger partial charge is 0.410 e. The molecule has 0 radical (unpaired) electrons. The lowest BCUT2D eigenvalue weighted by Gasteiger charge is -2.24. The van der Waals surface area contributed by atoms with E-state index in [9.17, 15) is 9.59 Å². The molecule has 1 amide bonds. The molecule has 1 atom stereocenters. The van der Waals surface area contributed by atoms with Gasteiger partial charge < -0.3 is 9.64 Å². The summed E-state index contributed by atoms with van der Waals surface area (Å²) in [5.41, 5.74) is -0.482. The molecule has 0 bridgehead atoms. The van der Waals surface area contributed by atoms with Crippen molar-refractivity contribution in [2.24, 2.45) is 0 Å². The fourth-order valence-corrected chi connectivity index (χ4v) is 2.42. The molecule has 1 unspecified atom stereocenters. The Hall–Kier alpha value is -1.37. The van der Waals surface area contributed by atoms with Gasteiger partial charge in [-0.1, -0.05) is 0 Å². The van der Waals surface area contributed by atoms with Crippen LogP contribution in [0.1, 0.15) is 38.9 Å². The van der Waals surface area contributed by atoms with Crippen molar-refractivity contribution < 1.29 is 9.53 Å². The molecule has 1 aromatic rings. The number of hydrogen-bond donors (Lipinski definition) is 1. The summed E-state index contributed by atoms with van der Waals surface area (Å²) in [6.45, 7) is 6.72. The fraction of sp³-hybridized carbons (Fsp3) is 0.727. The zero-order valence-corrected chi connectivity index (χ0v) is 11.5. The van der Waals surface area contributed by atoms with Gasteiger partial charge in [0, 0.05) is 30.5 Å². The number of H-pyrrole nitrogens is 1. The summed E-state index contributed by atoms with van der Waals surface area (Å²) in [4.78, 5) is 27.1. The van der Waals surface area contributed by atoms with Gasteiger partial charge >= 0.3 is 11.0 Å². The minimum absolute atomic E-state index is 0.108. The van der Waals surface area contributed by atoms with Crippen LogP contribution < -0.4 is 4.87 Å². The topological polar surface area (TPSA) is 75.3 Å². The lowest BCUT2D eigenvalue weighted by atomic mass is 10.1. The minimum Gasteiger partial charge on any atom is -0.444 e. The van der Waals surface area contributed by atoms with Crippen molar-refractivity contribution in [3.05, 3.63) is 15.5 Å². The Kier molecular flexibility index (Phi) is 3.43. The number of rotatable bonds is 1. The van der Waals surface area contributed by atoms with E-state index < -0.39 is 5.60 Å². The predicted octanol–water partition coefficient (Wildman–Crippen LogP) is 1.56. The van der Waals surface area contributed by atoms with Gasteiger partial charge in [-0.2, -0.15) is 4.37 Å². The van der Waals surface area contributed by atoms with Crippen molar-refractivity contribution >= 4 is 17.6 Å². The van der Waals surface area contributed by atoms with Crippen LogP contribution in [0.4, 0.5) is 4.79 Å². The first-order valence-electron chi connectivity index (χ1n) is 5.89. The molecule has 0 aliphatic carbocycles. The predicted molar refractivity (Wildman–Crippen MR) is 67.9 cm³/mol. The van der Waals surface area contributed by atoms with E-state index in [1.54, 1.807) is 4.90 Å². The highest BCUT2D eigenvalue weighted by molar-refractivity contribution is 7.02. The number of aromatic nitrogens is 2.